The van der Waals surface area contributed by atoms with Gasteiger partial charge in [0.1, 0.15) is 6.04 Å². The SMILES string of the molecule is CSCC[C@H](N)C(=O)NC(C)C(=O)N1CCCC1. The average Bonchev–Trinajstić information content (AvgIpc) is 2.88. The van der Waals surface area contributed by atoms with Crippen molar-refractivity contribution in [3.8, 4) is 0 Å². The van der Waals surface area contributed by atoms with Crippen LogP contribution in [0, 0.1) is 0 Å². The van der Waals surface area contributed by atoms with Gasteiger partial charge in [0.05, 0.1) is 6.04 Å². The minimum atomic E-state index is -0.522. The molecule has 1 aliphatic heterocycles. The Bertz CT molecular complexity index is 293. The molecular weight excluding hydrogens is 250 g/mol. The summed E-state index contributed by atoms with van der Waals surface area (Å²) in [7, 11) is 0. The van der Waals surface area contributed by atoms with Gasteiger partial charge in [-0.3, -0.25) is 9.59 Å². The highest BCUT2D eigenvalue weighted by Gasteiger charge is 2.25. The molecule has 3 N–H and O–H groups in total. The minimum absolute atomic E-state index is 0.00193. The van der Waals surface area contributed by atoms with Gasteiger partial charge in [-0.2, -0.15) is 11.8 Å². The summed E-state index contributed by atoms with van der Waals surface area (Å²) in [5, 5.41) is 2.70. The minimum Gasteiger partial charge on any atom is -0.343 e. The number of hydrogen-bond acceptors (Lipinski definition) is 4. The molecule has 0 bridgehead atoms. The van der Waals surface area contributed by atoms with Crippen molar-refractivity contribution < 1.29 is 9.59 Å². The van der Waals surface area contributed by atoms with Crippen LogP contribution in [0.15, 0.2) is 0 Å². The molecule has 0 aromatic rings. The molecule has 1 heterocycles. The van der Waals surface area contributed by atoms with Crippen LogP contribution in [0.5, 0.6) is 0 Å². The monoisotopic (exact) mass is 273 g/mol. The highest BCUT2D eigenvalue weighted by Crippen LogP contribution is 2.09. The predicted octanol–water partition coefficient (Wildman–Crippen LogP) is 0.194. The van der Waals surface area contributed by atoms with Crippen LogP contribution in [-0.4, -0.2) is 53.9 Å². The first-order valence-corrected chi connectivity index (χ1v) is 7.79. The second-order valence-corrected chi connectivity index (χ2v) is 5.64. The molecule has 0 aromatic carbocycles. The van der Waals surface area contributed by atoms with Gasteiger partial charge in [0.25, 0.3) is 0 Å². The van der Waals surface area contributed by atoms with Crippen LogP contribution < -0.4 is 11.1 Å². The summed E-state index contributed by atoms with van der Waals surface area (Å²) in [6.07, 6.45) is 4.72. The van der Waals surface area contributed by atoms with Gasteiger partial charge in [-0.1, -0.05) is 0 Å². The number of hydrogen-bond donors (Lipinski definition) is 2. The molecule has 1 aliphatic rings. The molecule has 104 valence electrons. The molecule has 1 fully saturated rings. The van der Waals surface area contributed by atoms with Crippen molar-refractivity contribution in [2.45, 2.75) is 38.3 Å². The lowest BCUT2D eigenvalue weighted by Crippen LogP contribution is -2.50. The van der Waals surface area contributed by atoms with Crippen LogP contribution >= 0.6 is 11.8 Å². The first-order valence-electron chi connectivity index (χ1n) is 6.40. The number of likely N-dealkylation sites (tertiary alicyclic amines) is 1. The molecule has 1 rings (SSSR count). The van der Waals surface area contributed by atoms with Gasteiger partial charge in [-0.05, 0) is 38.2 Å². The van der Waals surface area contributed by atoms with E-state index in [1.165, 1.54) is 0 Å². The number of amides is 2. The number of thioether (sulfide) groups is 1. The lowest BCUT2D eigenvalue weighted by molar-refractivity contribution is -0.135. The number of carbonyl (C=O) groups excluding carboxylic acids is 2. The third-order valence-corrected chi connectivity index (χ3v) is 3.76. The molecule has 0 saturated carbocycles. The molecule has 5 nitrogen and oxygen atoms in total. The second kappa shape index (κ2) is 7.63. The molecule has 6 heteroatoms. The maximum absolute atomic E-state index is 12.0. The summed E-state index contributed by atoms with van der Waals surface area (Å²) in [5.74, 6) is 0.616. The van der Waals surface area contributed by atoms with Crippen molar-refractivity contribution in [1.29, 1.82) is 0 Å². The molecule has 1 saturated heterocycles. The fourth-order valence-electron chi connectivity index (χ4n) is 1.97. The van der Waals surface area contributed by atoms with E-state index in [2.05, 4.69) is 5.32 Å². The van der Waals surface area contributed by atoms with Gasteiger partial charge in [-0.25, -0.2) is 0 Å². The van der Waals surface area contributed by atoms with E-state index < -0.39 is 12.1 Å². The van der Waals surface area contributed by atoms with E-state index in [1.807, 2.05) is 6.26 Å². The van der Waals surface area contributed by atoms with Crippen LogP contribution in [0.3, 0.4) is 0 Å². The Kier molecular flexibility index (Phi) is 6.49. The van der Waals surface area contributed by atoms with Crippen LogP contribution in [-0.2, 0) is 9.59 Å². The first kappa shape index (κ1) is 15.3. The van der Waals surface area contributed by atoms with Crippen molar-refractivity contribution in [2.75, 3.05) is 25.1 Å². The number of nitrogens with two attached hydrogens (primary N) is 1. The zero-order chi connectivity index (χ0) is 13.5. The Morgan fingerprint density at radius 1 is 1.39 bits per heavy atom. The summed E-state index contributed by atoms with van der Waals surface area (Å²) in [5.41, 5.74) is 5.75. The maximum Gasteiger partial charge on any atom is 0.244 e. The number of nitrogens with zero attached hydrogens (tertiary/aromatic N) is 1. The fraction of sp³-hybridized carbons (Fsp3) is 0.833. The van der Waals surface area contributed by atoms with Crippen molar-refractivity contribution >= 4 is 23.6 Å². The number of carbonyl (C=O) groups is 2. The van der Waals surface area contributed by atoms with Gasteiger partial charge in [0, 0.05) is 13.1 Å². The number of nitrogens with one attached hydrogen (secondary N) is 1. The summed E-state index contributed by atoms with van der Waals surface area (Å²) >= 11 is 1.66. The van der Waals surface area contributed by atoms with Crippen molar-refractivity contribution in [2.24, 2.45) is 5.73 Å². The molecule has 2 atom stereocenters. The molecule has 18 heavy (non-hydrogen) atoms. The van der Waals surface area contributed by atoms with E-state index in [9.17, 15) is 9.59 Å². The summed E-state index contributed by atoms with van der Waals surface area (Å²) in [4.78, 5) is 25.6. The summed E-state index contributed by atoms with van der Waals surface area (Å²) < 4.78 is 0. The van der Waals surface area contributed by atoms with Gasteiger partial charge >= 0.3 is 0 Å². The van der Waals surface area contributed by atoms with Crippen LogP contribution in [0.25, 0.3) is 0 Å². The fourth-order valence-corrected chi connectivity index (χ4v) is 2.46. The molecule has 0 radical (unpaired) electrons. The quantitative estimate of drug-likeness (QED) is 0.724. The molecular formula is C12H23N3O2S. The van der Waals surface area contributed by atoms with E-state index in [0.29, 0.717) is 6.42 Å². The first-order chi connectivity index (χ1) is 8.56. The molecule has 0 spiro atoms. The van der Waals surface area contributed by atoms with Gasteiger partial charge in [0.15, 0.2) is 0 Å². The second-order valence-electron chi connectivity index (χ2n) is 4.65. The zero-order valence-corrected chi connectivity index (χ0v) is 12.0. The highest BCUT2D eigenvalue weighted by molar-refractivity contribution is 7.98. The van der Waals surface area contributed by atoms with Crippen LogP contribution in [0.4, 0.5) is 0 Å². The lowest BCUT2D eigenvalue weighted by atomic mass is 10.2. The molecule has 0 aliphatic carbocycles. The number of rotatable bonds is 6. The summed E-state index contributed by atoms with van der Waals surface area (Å²) in [6.45, 7) is 3.33. The third kappa shape index (κ3) is 4.49. The van der Waals surface area contributed by atoms with Crippen molar-refractivity contribution in [1.82, 2.24) is 10.2 Å². The topological polar surface area (TPSA) is 75.4 Å². The molecule has 1 unspecified atom stereocenters. The predicted molar refractivity (Wildman–Crippen MR) is 74.4 cm³/mol. The Morgan fingerprint density at radius 2 is 2.00 bits per heavy atom. The lowest BCUT2D eigenvalue weighted by Gasteiger charge is -2.22. The Morgan fingerprint density at radius 3 is 2.56 bits per heavy atom. The van der Waals surface area contributed by atoms with E-state index in [1.54, 1.807) is 23.6 Å². The summed E-state index contributed by atoms with van der Waals surface area (Å²) in [6, 6.07) is -0.998. The van der Waals surface area contributed by atoms with Crippen molar-refractivity contribution in [3.63, 3.8) is 0 Å². The average molecular weight is 273 g/mol. The third-order valence-electron chi connectivity index (χ3n) is 3.12. The van der Waals surface area contributed by atoms with E-state index >= 15 is 0 Å². The Labute approximate surface area is 113 Å². The standard InChI is InChI=1S/C12H23N3O2S/c1-9(12(17)15-6-3-4-7-15)14-11(16)10(13)5-8-18-2/h9-10H,3-8,13H2,1-2H3,(H,14,16)/t9?,10-/m0/s1. The maximum atomic E-state index is 12.0. The highest BCUT2D eigenvalue weighted by atomic mass is 32.2. The zero-order valence-electron chi connectivity index (χ0n) is 11.1. The molecule has 2 amide bonds. The molecule has 0 aromatic heterocycles. The van der Waals surface area contributed by atoms with Gasteiger partial charge < -0.3 is 16.0 Å². The Balaban J connectivity index is 2.35. The van der Waals surface area contributed by atoms with Crippen LogP contribution in [0.2, 0.25) is 0 Å². The van der Waals surface area contributed by atoms with Gasteiger partial charge in [-0.15, -0.1) is 0 Å². The van der Waals surface area contributed by atoms with Gasteiger partial charge in [0.2, 0.25) is 11.8 Å². The van der Waals surface area contributed by atoms with E-state index in [-0.39, 0.29) is 11.8 Å². The van der Waals surface area contributed by atoms with E-state index in [0.717, 1.165) is 31.7 Å². The Hall–Kier alpha value is -0.750. The van der Waals surface area contributed by atoms with Crippen LogP contribution in [0.1, 0.15) is 26.2 Å². The normalized spacial score (nSPS) is 18.5. The van der Waals surface area contributed by atoms with E-state index in [4.69, 9.17) is 5.73 Å². The van der Waals surface area contributed by atoms with Crippen molar-refractivity contribution in [3.05, 3.63) is 0 Å². The largest absolute Gasteiger partial charge is 0.343 e. The smallest absolute Gasteiger partial charge is 0.244 e.